The van der Waals surface area contributed by atoms with Crippen molar-refractivity contribution in [2.24, 2.45) is 0 Å². The van der Waals surface area contributed by atoms with Crippen molar-refractivity contribution in [1.82, 2.24) is 0 Å². The van der Waals surface area contributed by atoms with Crippen molar-refractivity contribution in [3.8, 4) is 0 Å². The molecule has 0 aromatic rings. The standard InChI is InChI=1S/C2H5Cl2Si/c1-2-5(3)4/h2,5H,1H3. The van der Waals surface area contributed by atoms with Gasteiger partial charge in [-0.05, 0) is 6.04 Å². The van der Waals surface area contributed by atoms with Gasteiger partial charge in [0.15, 0.2) is 0 Å². The minimum atomic E-state index is -1.33. The first-order valence-corrected chi connectivity index (χ1v) is 5.51. The van der Waals surface area contributed by atoms with Gasteiger partial charge in [-0.3, -0.25) is 0 Å². The molecule has 0 N–H and O–H groups in total. The van der Waals surface area contributed by atoms with Crippen molar-refractivity contribution in [3.63, 3.8) is 0 Å². The molecule has 0 amide bonds. The van der Waals surface area contributed by atoms with E-state index in [1.807, 2.05) is 13.0 Å². The first-order chi connectivity index (χ1) is 2.27. The van der Waals surface area contributed by atoms with Crippen LogP contribution < -0.4 is 0 Å². The smallest absolute Gasteiger partial charge is 0.150 e. The van der Waals surface area contributed by atoms with Crippen molar-refractivity contribution < 1.29 is 0 Å². The zero-order valence-electron chi connectivity index (χ0n) is 2.91. The van der Waals surface area contributed by atoms with Crippen LogP contribution in [0.4, 0.5) is 0 Å². The quantitative estimate of drug-likeness (QED) is 0.370. The molecular weight excluding hydrogens is 123 g/mol. The largest absolute Gasteiger partial charge is 0.239 e. The van der Waals surface area contributed by atoms with E-state index < -0.39 is 7.42 Å². The average molecular weight is 128 g/mol. The Balaban J connectivity index is 2.54. The predicted molar refractivity (Wildman–Crippen MR) is 28.8 cm³/mol. The second kappa shape index (κ2) is 3.01. The highest BCUT2D eigenvalue weighted by Crippen LogP contribution is 1.96. The topological polar surface area (TPSA) is 0 Å². The van der Waals surface area contributed by atoms with Gasteiger partial charge in [0.05, 0.1) is 0 Å². The number of rotatable bonds is 1. The van der Waals surface area contributed by atoms with Crippen molar-refractivity contribution in [2.75, 3.05) is 0 Å². The molecule has 0 aliphatic heterocycles. The molecule has 0 heterocycles. The summed E-state index contributed by atoms with van der Waals surface area (Å²) in [7, 11) is -1.33. The summed E-state index contributed by atoms with van der Waals surface area (Å²) in [6.07, 6.45) is 0. The maximum absolute atomic E-state index is 5.31. The third-order valence-corrected chi connectivity index (χ3v) is 2.27. The Morgan fingerprint density at radius 3 is 1.80 bits per heavy atom. The van der Waals surface area contributed by atoms with Crippen molar-refractivity contribution >= 4 is 29.6 Å². The third kappa shape index (κ3) is 4.80. The van der Waals surface area contributed by atoms with Gasteiger partial charge in [-0.15, -0.1) is 0 Å². The normalized spacial score (nSPS) is 9.60. The summed E-state index contributed by atoms with van der Waals surface area (Å²) in [6, 6.07) is 1.84. The highest BCUT2D eigenvalue weighted by molar-refractivity contribution is 7.35. The lowest BCUT2D eigenvalue weighted by atomic mass is 11.0. The summed E-state index contributed by atoms with van der Waals surface area (Å²) in [5.74, 6) is 0. The summed E-state index contributed by atoms with van der Waals surface area (Å²) in [4.78, 5) is 0. The van der Waals surface area contributed by atoms with E-state index in [9.17, 15) is 0 Å². The molecule has 0 fully saturated rings. The van der Waals surface area contributed by atoms with Crippen LogP contribution >= 0.6 is 22.2 Å². The lowest BCUT2D eigenvalue weighted by Crippen LogP contribution is -1.86. The van der Waals surface area contributed by atoms with Gasteiger partial charge < -0.3 is 0 Å². The van der Waals surface area contributed by atoms with E-state index in [2.05, 4.69) is 0 Å². The Labute approximate surface area is 43.1 Å². The fourth-order valence-electron chi connectivity index (χ4n) is 0. The minimum Gasteiger partial charge on any atom is -0.150 e. The van der Waals surface area contributed by atoms with Gasteiger partial charge >= 0.3 is 0 Å². The molecule has 0 nitrogen and oxygen atoms in total. The molecule has 31 valence electrons. The molecule has 1 radical (unpaired) electrons. The summed E-state index contributed by atoms with van der Waals surface area (Å²) in [5, 5.41) is 0. The van der Waals surface area contributed by atoms with Gasteiger partial charge in [0.25, 0.3) is 0 Å². The van der Waals surface area contributed by atoms with Gasteiger partial charge in [-0.25, -0.2) is 0 Å². The van der Waals surface area contributed by atoms with Crippen LogP contribution in [0.5, 0.6) is 0 Å². The highest BCUT2D eigenvalue weighted by Gasteiger charge is 1.91. The molecule has 0 aliphatic carbocycles. The molecule has 0 rings (SSSR count). The summed E-state index contributed by atoms with van der Waals surface area (Å²) in [5.41, 5.74) is 0. The van der Waals surface area contributed by atoms with E-state index in [4.69, 9.17) is 22.2 Å². The minimum absolute atomic E-state index is 1.33. The Morgan fingerprint density at radius 2 is 1.80 bits per heavy atom. The van der Waals surface area contributed by atoms with Crippen LogP contribution in [0.1, 0.15) is 6.92 Å². The fourth-order valence-corrected chi connectivity index (χ4v) is 0. The molecule has 5 heavy (non-hydrogen) atoms. The van der Waals surface area contributed by atoms with Gasteiger partial charge in [0, 0.05) is 0 Å². The van der Waals surface area contributed by atoms with Crippen molar-refractivity contribution in [2.45, 2.75) is 6.92 Å². The van der Waals surface area contributed by atoms with Crippen LogP contribution in [-0.4, -0.2) is 7.42 Å². The first kappa shape index (κ1) is 5.80. The second-order valence-electron chi connectivity index (χ2n) is 0.668. The number of halogens is 2. The summed E-state index contributed by atoms with van der Waals surface area (Å²) < 4.78 is 0. The Hall–Kier alpha value is 0.797. The first-order valence-electron chi connectivity index (χ1n) is 1.35. The van der Waals surface area contributed by atoms with Crippen LogP contribution in [0.2, 0.25) is 0 Å². The van der Waals surface area contributed by atoms with E-state index in [-0.39, 0.29) is 0 Å². The van der Waals surface area contributed by atoms with Crippen LogP contribution in [0, 0.1) is 6.04 Å². The fraction of sp³-hybridized carbons (Fsp3) is 0.500. The lowest BCUT2D eigenvalue weighted by molar-refractivity contribution is 1.71. The molecule has 0 unspecified atom stereocenters. The number of hydrogen-bond donors (Lipinski definition) is 0. The zero-order valence-corrected chi connectivity index (χ0v) is 5.58. The van der Waals surface area contributed by atoms with Gasteiger partial charge in [0.1, 0.15) is 0 Å². The molecule has 0 aliphatic rings. The lowest BCUT2D eigenvalue weighted by Gasteiger charge is -1.80. The molecule has 0 spiro atoms. The molecular formula is C2H5Cl2Si. The second-order valence-corrected chi connectivity index (χ2v) is 5.49. The van der Waals surface area contributed by atoms with Crippen LogP contribution in [0.3, 0.4) is 0 Å². The zero-order chi connectivity index (χ0) is 4.28. The van der Waals surface area contributed by atoms with Crippen LogP contribution in [0.25, 0.3) is 0 Å². The maximum Gasteiger partial charge on any atom is 0.239 e. The molecule has 0 aromatic carbocycles. The molecule has 0 saturated carbocycles. The number of hydrogen-bond acceptors (Lipinski definition) is 0. The van der Waals surface area contributed by atoms with Crippen molar-refractivity contribution in [3.05, 3.63) is 6.04 Å². The van der Waals surface area contributed by atoms with E-state index in [0.717, 1.165) is 0 Å². The molecule has 0 aromatic heterocycles. The highest BCUT2D eigenvalue weighted by atomic mass is 35.7. The van der Waals surface area contributed by atoms with Crippen LogP contribution in [-0.2, 0) is 0 Å². The van der Waals surface area contributed by atoms with Crippen LogP contribution in [0.15, 0.2) is 0 Å². The van der Waals surface area contributed by atoms with E-state index in [1.54, 1.807) is 0 Å². The van der Waals surface area contributed by atoms with E-state index >= 15 is 0 Å². The Morgan fingerprint density at radius 1 is 1.60 bits per heavy atom. The van der Waals surface area contributed by atoms with Gasteiger partial charge in [-0.2, -0.15) is 22.2 Å². The SMILES string of the molecule is C[CH][SiH](Cl)Cl. The Kier molecular flexibility index (Phi) is 3.48. The predicted octanol–water partition coefficient (Wildman–Crippen LogP) is 1.45. The summed E-state index contributed by atoms with van der Waals surface area (Å²) >= 11 is 10.6. The molecule has 3 heteroatoms. The van der Waals surface area contributed by atoms with E-state index in [0.29, 0.717) is 0 Å². The third-order valence-electron chi connectivity index (χ3n) is 0.252. The summed E-state index contributed by atoms with van der Waals surface area (Å²) in [6.45, 7) is 1.87. The van der Waals surface area contributed by atoms with E-state index in [1.165, 1.54) is 0 Å². The average Bonchev–Trinajstić information content (AvgIpc) is 1.38. The van der Waals surface area contributed by atoms with Gasteiger partial charge in [0.2, 0.25) is 7.42 Å². The van der Waals surface area contributed by atoms with Crippen molar-refractivity contribution in [1.29, 1.82) is 0 Å². The molecule has 0 atom stereocenters. The van der Waals surface area contributed by atoms with Gasteiger partial charge in [-0.1, -0.05) is 6.92 Å². The monoisotopic (exact) mass is 127 g/mol. The maximum atomic E-state index is 5.31. The molecule has 0 bridgehead atoms. The molecule has 0 saturated heterocycles. The Bertz CT molecular complexity index is 21.6.